The second-order valence-corrected chi connectivity index (χ2v) is 4.59. The lowest BCUT2D eigenvalue weighted by Gasteiger charge is -2.36. The fraction of sp³-hybridized carbons (Fsp3) is 0.615. The summed E-state index contributed by atoms with van der Waals surface area (Å²) in [6, 6.07) is 4.72. The fourth-order valence-corrected chi connectivity index (χ4v) is 2.11. The molecule has 1 aromatic rings. The molecule has 88 valence electrons. The Morgan fingerprint density at radius 3 is 2.88 bits per heavy atom. The number of nitrogens with zero attached hydrogens (tertiary/aromatic N) is 2. The quantitative estimate of drug-likeness (QED) is 0.775. The Labute approximate surface area is 97.4 Å². The van der Waals surface area contributed by atoms with Gasteiger partial charge in [0.05, 0.1) is 12.7 Å². The van der Waals surface area contributed by atoms with Gasteiger partial charge in [0.25, 0.3) is 0 Å². The smallest absolute Gasteiger partial charge is 0.0674 e. The Morgan fingerprint density at radius 1 is 1.38 bits per heavy atom. The number of rotatable bonds is 3. The van der Waals surface area contributed by atoms with Crippen LogP contribution >= 0.6 is 0 Å². The average Bonchev–Trinajstić information content (AvgIpc) is 2.32. The molecule has 1 saturated heterocycles. The van der Waals surface area contributed by atoms with E-state index in [9.17, 15) is 0 Å². The second kappa shape index (κ2) is 5.41. The van der Waals surface area contributed by atoms with Crippen molar-refractivity contribution in [1.82, 2.24) is 9.88 Å². The van der Waals surface area contributed by atoms with E-state index in [1.54, 1.807) is 0 Å². The third kappa shape index (κ3) is 3.03. The van der Waals surface area contributed by atoms with Crippen molar-refractivity contribution in [3.05, 3.63) is 30.1 Å². The molecule has 2 atom stereocenters. The highest BCUT2D eigenvalue weighted by atomic mass is 16.5. The molecule has 0 spiro atoms. The number of ether oxygens (including phenoxy) is 1. The third-order valence-corrected chi connectivity index (χ3v) is 3.17. The molecule has 0 bridgehead atoms. The van der Waals surface area contributed by atoms with Gasteiger partial charge in [0.15, 0.2) is 0 Å². The summed E-state index contributed by atoms with van der Waals surface area (Å²) in [6.07, 6.45) is 5.19. The second-order valence-electron chi connectivity index (χ2n) is 4.59. The minimum Gasteiger partial charge on any atom is -0.376 e. The number of hydrogen-bond acceptors (Lipinski definition) is 3. The Kier molecular flexibility index (Phi) is 3.91. The number of aromatic nitrogens is 1. The van der Waals surface area contributed by atoms with E-state index in [1.807, 2.05) is 12.4 Å². The molecule has 1 aliphatic heterocycles. The highest BCUT2D eigenvalue weighted by molar-refractivity contribution is 5.10. The van der Waals surface area contributed by atoms with Crippen LogP contribution in [0.2, 0.25) is 0 Å². The van der Waals surface area contributed by atoms with Crippen molar-refractivity contribution in [1.29, 1.82) is 0 Å². The average molecular weight is 220 g/mol. The third-order valence-electron chi connectivity index (χ3n) is 3.17. The van der Waals surface area contributed by atoms with Gasteiger partial charge in [-0.2, -0.15) is 0 Å². The summed E-state index contributed by atoms with van der Waals surface area (Å²) in [6.45, 7) is 7.40. The first-order valence-corrected chi connectivity index (χ1v) is 6.00. The Bertz CT molecular complexity index is 315. The van der Waals surface area contributed by atoms with Gasteiger partial charge in [0.1, 0.15) is 0 Å². The van der Waals surface area contributed by atoms with Crippen molar-refractivity contribution in [2.45, 2.75) is 32.4 Å². The first-order chi connectivity index (χ1) is 7.75. The van der Waals surface area contributed by atoms with Crippen molar-refractivity contribution < 1.29 is 4.74 Å². The van der Waals surface area contributed by atoms with Crippen LogP contribution in [0.25, 0.3) is 0 Å². The van der Waals surface area contributed by atoms with Crippen molar-refractivity contribution in [2.75, 3.05) is 19.7 Å². The monoisotopic (exact) mass is 220 g/mol. The van der Waals surface area contributed by atoms with Gasteiger partial charge < -0.3 is 4.74 Å². The molecule has 3 nitrogen and oxygen atoms in total. The lowest BCUT2D eigenvalue weighted by Crippen LogP contribution is -2.47. The van der Waals surface area contributed by atoms with Gasteiger partial charge in [-0.3, -0.25) is 9.88 Å². The topological polar surface area (TPSA) is 25.4 Å². The number of hydrogen-bond donors (Lipinski definition) is 0. The highest BCUT2D eigenvalue weighted by Gasteiger charge is 2.22. The summed E-state index contributed by atoms with van der Waals surface area (Å²) >= 11 is 0. The molecule has 0 unspecified atom stereocenters. The molecule has 0 saturated carbocycles. The first kappa shape index (κ1) is 11.6. The first-order valence-electron chi connectivity index (χ1n) is 6.00. The zero-order chi connectivity index (χ0) is 11.4. The van der Waals surface area contributed by atoms with Crippen LogP contribution in [0.1, 0.15) is 19.4 Å². The normalized spacial score (nSPS) is 26.9. The Morgan fingerprint density at radius 2 is 2.12 bits per heavy atom. The molecule has 1 fully saturated rings. The van der Waals surface area contributed by atoms with E-state index in [0.29, 0.717) is 12.1 Å². The molecule has 3 heteroatoms. The van der Waals surface area contributed by atoms with Crippen molar-refractivity contribution >= 4 is 0 Å². The Balaban J connectivity index is 1.85. The highest BCUT2D eigenvalue weighted by Crippen LogP contribution is 2.12. The van der Waals surface area contributed by atoms with Crippen LogP contribution in [0, 0.1) is 0 Å². The molecule has 0 aliphatic carbocycles. The number of pyridine rings is 1. The summed E-state index contributed by atoms with van der Waals surface area (Å²) in [7, 11) is 0. The van der Waals surface area contributed by atoms with E-state index in [-0.39, 0.29) is 0 Å². The van der Waals surface area contributed by atoms with E-state index in [1.165, 1.54) is 5.56 Å². The van der Waals surface area contributed by atoms with Crippen molar-refractivity contribution in [3.63, 3.8) is 0 Å². The molecule has 2 rings (SSSR count). The largest absolute Gasteiger partial charge is 0.376 e. The SMILES string of the molecule is C[C@@H]1CN(CCc2ccncc2)[C@H](C)CO1. The van der Waals surface area contributed by atoms with Gasteiger partial charge in [-0.15, -0.1) is 0 Å². The zero-order valence-electron chi connectivity index (χ0n) is 10.1. The molecule has 0 aromatic carbocycles. The lowest BCUT2D eigenvalue weighted by molar-refractivity contribution is -0.0487. The van der Waals surface area contributed by atoms with Gasteiger partial charge in [-0.25, -0.2) is 0 Å². The lowest BCUT2D eigenvalue weighted by atomic mass is 10.1. The zero-order valence-corrected chi connectivity index (χ0v) is 10.1. The summed E-state index contributed by atoms with van der Waals surface area (Å²) in [5.74, 6) is 0. The molecule has 0 N–H and O–H groups in total. The molecule has 16 heavy (non-hydrogen) atoms. The molecule has 1 aliphatic rings. The number of morpholine rings is 1. The van der Waals surface area contributed by atoms with Crippen LogP contribution in [0.15, 0.2) is 24.5 Å². The summed E-state index contributed by atoms with van der Waals surface area (Å²) < 4.78 is 5.62. The maximum Gasteiger partial charge on any atom is 0.0674 e. The van der Waals surface area contributed by atoms with Gasteiger partial charge in [0, 0.05) is 31.5 Å². The van der Waals surface area contributed by atoms with Gasteiger partial charge >= 0.3 is 0 Å². The van der Waals surface area contributed by atoms with Gasteiger partial charge in [-0.1, -0.05) is 0 Å². The van der Waals surface area contributed by atoms with E-state index < -0.39 is 0 Å². The minimum atomic E-state index is 0.369. The van der Waals surface area contributed by atoms with Gasteiger partial charge in [-0.05, 0) is 38.0 Å². The molecule has 2 heterocycles. The standard InChI is InChI=1S/C13H20N2O/c1-11-10-16-12(2)9-15(11)8-5-13-3-6-14-7-4-13/h3-4,6-7,11-12H,5,8-10H2,1-2H3/t11-,12-/m1/s1. The Hall–Kier alpha value is -0.930. The maximum absolute atomic E-state index is 5.62. The van der Waals surface area contributed by atoms with Crippen LogP contribution < -0.4 is 0 Å². The molecule has 0 radical (unpaired) electrons. The van der Waals surface area contributed by atoms with E-state index in [0.717, 1.165) is 26.1 Å². The summed E-state index contributed by atoms with van der Waals surface area (Å²) in [5.41, 5.74) is 1.36. The van der Waals surface area contributed by atoms with Crippen molar-refractivity contribution in [3.8, 4) is 0 Å². The summed E-state index contributed by atoms with van der Waals surface area (Å²) in [5, 5.41) is 0. The molecule has 0 amide bonds. The van der Waals surface area contributed by atoms with Crippen LogP contribution in [0.4, 0.5) is 0 Å². The minimum absolute atomic E-state index is 0.369. The van der Waals surface area contributed by atoms with Gasteiger partial charge in [0.2, 0.25) is 0 Å². The van der Waals surface area contributed by atoms with Crippen LogP contribution in [0.5, 0.6) is 0 Å². The van der Waals surface area contributed by atoms with E-state index >= 15 is 0 Å². The fourth-order valence-electron chi connectivity index (χ4n) is 2.11. The maximum atomic E-state index is 5.62. The van der Waals surface area contributed by atoms with Crippen LogP contribution in [-0.2, 0) is 11.2 Å². The van der Waals surface area contributed by atoms with Crippen molar-refractivity contribution in [2.24, 2.45) is 0 Å². The predicted molar refractivity (Wildman–Crippen MR) is 64.4 cm³/mol. The molecule has 1 aromatic heterocycles. The molecular weight excluding hydrogens is 200 g/mol. The summed E-state index contributed by atoms with van der Waals surface area (Å²) in [4.78, 5) is 6.54. The van der Waals surface area contributed by atoms with Crippen LogP contribution in [-0.4, -0.2) is 41.7 Å². The van der Waals surface area contributed by atoms with E-state index in [4.69, 9.17) is 4.74 Å². The molecular formula is C13H20N2O. The van der Waals surface area contributed by atoms with E-state index in [2.05, 4.69) is 35.9 Å². The predicted octanol–water partition coefficient (Wildman–Crippen LogP) is 1.73. The van der Waals surface area contributed by atoms with Crippen LogP contribution in [0.3, 0.4) is 0 Å².